The zero-order chi connectivity index (χ0) is 48.2. The zero-order valence-corrected chi connectivity index (χ0v) is 40.0. The highest BCUT2D eigenvalue weighted by Gasteiger charge is 2.47. The van der Waals surface area contributed by atoms with E-state index in [1.54, 1.807) is 0 Å². The number of allylic oxidation sites excluding steroid dienone is 7. The van der Waals surface area contributed by atoms with Gasteiger partial charge in [-0.2, -0.15) is 0 Å². The quantitative estimate of drug-likeness (QED) is 0.0153. The first-order valence-corrected chi connectivity index (χ1v) is 25.0. The summed E-state index contributed by atoms with van der Waals surface area (Å²) in [5, 5.41) is 72.0. The van der Waals surface area contributed by atoms with Crippen molar-refractivity contribution in [2.24, 2.45) is 0 Å². The molecule has 66 heavy (non-hydrogen) atoms. The minimum atomic E-state index is -1.78. The molecular formula is C51H86O15. The van der Waals surface area contributed by atoms with Crippen LogP contribution in [0.1, 0.15) is 162 Å². The maximum Gasteiger partial charge on any atom is 0.306 e. The third-order valence-corrected chi connectivity index (χ3v) is 11.6. The summed E-state index contributed by atoms with van der Waals surface area (Å²) < 4.78 is 33.5. The van der Waals surface area contributed by atoms with E-state index in [4.69, 9.17) is 28.4 Å². The lowest BCUT2D eigenvalue weighted by atomic mass is 9.98. The van der Waals surface area contributed by atoms with E-state index in [-0.39, 0.29) is 19.4 Å². The fourth-order valence-electron chi connectivity index (χ4n) is 7.38. The molecule has 2 saturated heterocycles. The molecule has 0 saturated carbocycles. The van der Waals surface area contributed by atoms with Crippen molar-refractivity contribution in [1.29, 1.82) is 0 Å². The van der Waals surface area contributed by atoms with Gasteiger partial charge in [0.15, 0.2) is 18.7 Å². The number of carbonyl (C=O) groups is 2. The van der Waals surface area contributed by atoms with Gasteiger partial charge in [-0.3, -0.25) is 9.59 Å². The molecule has 0 aromatic heterocycles. The number of hydrogen-bond acceptors (Lipinski definition) is 15. The van der Waals surface area contributed by atoms with Gasteiger partial charge in [0, 0.05) is 12.8 Å². The molecule has 0 aromatic rings. The molecule has 380 valence electrons. The first kappa shape index (κ1) is 59.4. The maximum atomic E-state index is 13.0. The molecular weight excluding hydrogens is 853 g/mol. The first-order chi connectivity index (χ1) is 32.0. The summed E-state index contributed by atoms with van der Waals surface area (Å²) in [4.78, 5) is 25.7. The Labute approximate surface area is 394 Å². The van der Waals surface area contributed by atoms with Crippen molar-refractivity contribution in [3.63, 3.8) is 0 Å². The van der Waals surface area contributed by atoms with Crippen LogP contribution in [-0.2, 0) is 38.0 Å². The van der Waals surface area contributed by atoms with Crippen molar-refractivity contribution >= 4 is 11.9 Å². The third kappa shape index (κ3) is 26.1. The predicted molar refractivity (Wildman–Crippen MR) is 251 cm³/mol. The minimum Gasteiger partial charge on any atom is -0.462 e. The van der Waals surface area contributed by atoms with E-state index < -0.39 is 99.3 Å². The molecule has 2 fully saturated rings. The summed E-state index contributed by atoms with van der Waals surface area (Å²) >= 11 is 0. The van der Waals surface area contributed by atoms with Crippen LogP contribution in [-0.4, -0.2) is 142 Å². The van der Waals surface area contributed by atoms with Crippen LogP contribution in [0, 0.1) is 0 Å². The molecule has 0 amide bonds. The Hall–Kier alpha value is -2.76. The normalized spacial score (nSPS) is 26.2. The van der Waals surface area contributed by atoms with Gasteiger partial charge in [0.2, 0.25) is 0 Å². The van der Waals surface area contributed by atoms with Crippen molar-refractivity contribution in [3.8, 4) is 0 Å². The number of aliphatic hydroxyl groups is 7. The summed E-state index contributed by atoms with van der Waals surface area (Å²) in [5.41, 5.74) is 3.28. The molecule has 11 atom stereocenters. The Morgan fingerprint density at radius 3 is 1.62 bits per heavy atom. The first-order valence-electron chi connectivity index (χ1n) is 25.0. The number of carbonyl (C=O) groups excluding carboxylic acids is 2. The van der Waals surface area contributed by atoms with Crippen LogP contribution in [0.15, 0.2) is 54.3 Å². The van der Waals surface area contributed by atoms with Crippen LogP contribution in [0.4, 0.5) is 0 Å². The summed E-state index contributed by atoms with van der Waals surface area (Å²) in [6, 6.07) is 0. The van der Waals surface area contributed by atoms with Crippen molar-refractivity contribution in [2.45, 2.75) is 229 Å². The van der Waals surface area contributed by atoms with Crippen LogP contribution < -0.4 is 0 Å². The molecule has 0 spiro atoms. The van der Waals surface area contributed by atoms with Gasteiger partial charge in [-0.05, 0) is 89.2 Å². The largest absolute Gasteiger partial charge is 0.462 e. The average Bonchev–Trinajstić information content (AvgIpc) is 3.31. The fraction of sp³-hybridized carbons (Fsp3) is 0.784. The molecule has 0 aromatic carbocycles. The van der Waals surface area contributed by atoms with E-state index >= 15 is 0 Å². The summed E-state index contributed by atoms with van der Waals surface area (Å²) in [7, 11) is 0. The van der Waals surface area contributed by atoms with E-state index in [2.05, 4.69) is 68.2 Å². The van der Waals surface area contributed by atoms with E-state index in [1.807, 2.05) is 0 Å². The van der Waals surface area contributed by atoms with Crippen LogP contribution in [0.5, 0.6) is 0 Å². The Morgan fingerprint density at radius 1 is 0.530 bits per heavy atom. The summed E-state index contributed by atoms with van der Waals surface area (Å²) in [6.07, 6.45) is 22.1. The zero-order valence-electron chi connectivity index (χ0n) is 40.0. The molecule has 0 radical (unpaired) electrons. The van der Waals surface area contributed by atoms with E-state index in [0.717, 1.165) is 70.6 Å². The number of unbranched alkanes of at least 4 members (excludes halogenated alkanes) is 15. The predicted octanol–water partition coefficient (Wildman–Crippen LogP) is 6.47. The van der Waals surface area contributed by atoms with Gasteiger partial charge in [0.25, 0.3) is 0 Å². The minimum absolute atomic E-state index is 0.110. The van der Waals surface area contributed by atoms with Gasteiger partial charge >= 0.3 is 11.9 Å². The van der Waals surface area contributed by atoms with Crippen molar-refractivity contribution < 1.29 is 73.8 Å². The van der Waals surface area contributed by atoms with Crippen LogP contribution in [0.3, 0.4) is 0 Å². The monoisotopic (exact) mass is 939 g/mol. The maximum absolute atomic E-state index is 13.0. The second-order valence-corrected chi connectivity index (χ2v) is 17.4. The molecule has 2 aliphatic heterocycles. The van der Waals surface area contributed by atoms with E-state index in [0.29, 0.717) is 12.8 Å². The SMILES string of the molecule is CCCCC/C=C/C/C=C/C/C=C/CCCCC(=O)O[C@H](COC(=O)CCCCCCCC=C=CCCCCCCC)CO[C@@H]1O[C@H](CO[C@@H]2O[C@H](CO)[C@H](O)C(O)C2O)[C@H](O)C(O)C1O. The molecule has 4 unspecified atom stereocenters. The second kappa shape index (κ2) is 38.1. The Balaban J connectivity index is 1.86. The van der Waals surface area contributed by atoms with Crippen molar-refractivity contribution in [3.05, 3.63) is 54.3 Å². The lowest BCUT2D eigenvalue weighted by molar-refractivity contribution is -0.332. The highest BCUT2D eigenvalue weighted by atomic mass is 16.7. The number of aliphatic hydroxyl groups excluding tert-OH is 7. The second-order valence-electron chi connectivity index (χ2n) is 17.4. The van der Waals surface area contributed by atoms with Crippen molar-refractivity contribution in [1.82, 2.24) is 0 Å². The van der Waals surface area contributed by atoms with Gasteiger partial charge in [-0.25, -0.2) is 0 Å². The highest BCUT2D eigenvalue weighted by Crippen LogP contribution is 2.26. The number of hydrogen-bond donors (Lipinski definition) is 7. The molecule has 0 bridgehead atoms. The van der Waals surface area contributed by atoms with Crippen LogP contribution in [0.2, 0.25) is 0 Å². The molecule has 7 N–H and O–H groups in total. The number of rotatable bonds is 37. The molecule has 15 nitrogen and oxygen atoms in total. The molecule has 2 aliphatic rings. The summed E-state index contributed by atoms with van der Waals surface area (Å²) in [6.45, 7) is 2.46. The van der Waals surface area contributed by atoms with Crippen molar-refractivity contribution in [2.75, 3.05) is 26.4 Å². The van der Waals surface area contributed by atoms with Gasteiger partial charge in [0.05, 0.1) is 19.8 Å². The Morgan fingerprint density at radius 2 is 1.00 bits per heavy atom. The standard InChI is InChI=1S/C51H86O15/c1-3-5-7-9-11-13-15-17-19-21-23-25-27-29-31-33-42(53)61-36-39(64-43(54)34-32-30-28-26-24-22-20-18-16-14-12-10-8-6-4-2)37-62-50-49(60)47(58)45(56)41(66-50)38-63-51-48(59)46(57)44(55)40(35-52)65-51/h12,14-15,18-20,24,26,39-41,44-52,55-60H,3-11,13,16,21-23,25,27-38H2,1-2H3/b14-12+,20-18+,26-24+/t17?,39-,40-,41-,44+,45+,46?,47?,48?,49?,50-,51-/m1/s1. The lowest BCUT2D eigenvalue weighted by Gasteiger charge is -2.42. The molecule has 2 rings (SSSR count). The van der Waals surface area contributed by atoms with E-state index in [1.165, 1.54) is 51.4 Å². The lowest BCUT2D eigenvalue weighted by Crippen LogP contribution is -2.61. The van der Waals surface area contributed by atoms with Crippen LogP contribution in [0.25, 0.3) is 0 Å². The number of ether oxygens (including phenoxy) is 6. The number of esters is 2. The van der Waals surface area contributed by atoms with E-state index in [9.17, 15) is 45.3 Å². The fourth-order valence-corrected chi connectivity index (χ4v) is 7.38. The van der Waals surface area contributed by atoms with Gasteiger partial charge in [-0.15, -0.1) is 5.73 Å². The summed E-state index contributed by atoms with van der Waals surface area (Å²) in [5.74, 6) is -0.995. The molecule has 2 heterocycles. The average molecular weight is 939 g/mol. The Kier molecular flexibility index (Phi) is 34.3. The van der Waals surface area contributed by atoms with Gasteiger partial charge in [-0.1, -0.05) is 108 Å². The van der Waals surface area contributed by atoms with Gasteiger partial charge < -0.3 is 64.2 Å². The van der Waals surface area contributed by atoms with Crippen LogP contribution >= 0.6 is 0 Å². The molecule has 0 aliphatic carbocycles. The smallest absolute Gasteiger partial charge is 0.306 e. The molecule has 15 heteroatoms. The van der Waals surface area contributed by atoms with Gasteiger partial charge in [0.1, 0.15) is 55.4 Å². The third-order valence-electron chi connectivity index (χ3n) is 11.6. The Bertz CT molecular complexity index is 1390. The topological polar surface area (TPSA) is 231 Å². The highest BCUT2D eigenvalue weighted by molar-refractivity contribution is 5.70.